The molecule has 0 atom stereocenters. The van der Waals surface area contributed by atoms with Crippen molar-refractivity contribution in [3.05, 3.63) is 86.1 Å². The minimum atomic E-state index is -0.731. The van der Waals surface area contributed by atoms with Gasteiger partial charge in [-0.25, -0.2) is 9.59 Å². The fourth-order valence-corrected chi connectivity index (χ4v) is 3.25. The highest BCUT2D eigenvalue weighted by Gasteiger charge is 2.18. The van der Waals surface area contributed by atoms with Crippen molar-refractivity contribution < 1.29 is 23.9 Å². The number of benzene rings is 2. The third kappa shape index (κ3) is 6.49. The van der Waals surface area contributed by atoms with Crippen molar-refractivity contribution in [3.63, 3.8) is 0 Å². The number of carbonyl (C=O) groups excluding carboxylic acids is 3. The fourth-order valence-electron chi connectivity index (χ4n) is 2.17. The van der Waals surface area contributed by atoms with E-state index in [0.29, 0.717) is 26.7 Å². The smallest absolute Gasteiger partial charge is 0.344 e. The van der Waals surface area contributed by atoms with E-state index in [1.807, 2.05) is 0 Å². The van der Waals surface area contributed by atoms with E-state index in [4.69, 9.17) is 23.2 Å². The number of hydrogen-bond donors (Lipinski definition) is 0. The van der Waals surface area contributed by atoms with Crippen LogP contribution in [-0.2, 0) is 19.1 Å². The topological polar surface area (TPSA) is 69.7 Å². The lowest BCUT2D eigenvalue weighted by Crippen LogP contribution is -2.06. The molecular formula is C21H16Cl2O5S. The summed E-state index contributed by atoms with van der Waals surface area (Å²) in [5.41, 5.74) is 1.30. The van der Waals surface area contributed by atoms with E-state index in [0.717, 1.165) is 17.8 Å². The van der Waals surface area contributed by atoms with Crippen LogP contribution >= 0.6 is 35.0 Å². The van der Waals surface area contributed by atoms with Gasteiger partial charge in [-0.15, -0.1) is 0 Å². The molecule has 2 aromatic rings. The number of carbonyl (C=O) groups is 3. The molecule has 150 valence electrons. The molecule has 2 aromatic carbocycles. The molecule has 0 spiro atoms. The molecule has 0 unspecified atom stereocenters. The number of thioether (sulfide) groups is 1. The van der Waals surface area contributed by atoms with Gasteiger partial charge in [-0.2, -0.15) is 0 Å². The minimum Gasteiger partial charge on any atom is -0.466 e. The molecule has 0 fully saturated rings. The van der Waals surface area contributed by atoms with Crippen LogP contribution in [0.4, 0.5) is 0 Å². The van der Waals surface area contributed by atoms with E-state index >= 15 is 0 Å². The van der Waals surface area contributed by atoms with Crippen molar-refractivity contribution in [1.82, 2.24) is 0 Å². The molecule has 0 N–H and O–H groups in total. The molecule has 5 nitrogen and oxygen atoms in total. The number of rotatable bonds is 7. The molecule has 29 heavy (non-hydrogen) atoms. The van der Waals surface area contributed by atoms with Gasteiger partial charge < -0.3 is 9.47 Å². The lowest BCUT2D eigenvalue weighted by molar-refractivity contribution is -0.137. The monoisotopic (exact) mass is 450 g/mol. The van der Waals surface area contributed by atoms with Gasteiger partial charge in [0.1, 0.15) is 4.91 Å². The zero-order chi connectivity index (χ0) is 21.4. The molecule has 0 aliphatic carbocycles. The third-order valence-corrected chi connectivity index (χ3v) is 5.04. The van der Waals surface area contributed by atoms with Gasteiger partial charge in [-0.1, -0.05) is 47.1 Å². The second kappa shape index (κ2) is 10.9. The number of ether oxygens (including phenoxy) is 2. The average Bonchev–Trinajstić information content (AvgIpc) is 2.73. The van der Waals surface area contributed by atoms with Crippen molar-refractivity contribution in [2.45, 2.75) is 0 Å². The average molecular weight is 451 g/mol. The number of halogens is 2. The Morgan fingerprint density at radius 1 is 0.828 bits per heavy atom. The van der Waals surface area contributed by atoms with Crippen LogP contribution in [0.15, 0.2) is 64.9 Å². The molecule has 2 rings (SSSR count). The maximum Gasteiger partial charge on any atom is 0.344 e. The highest BCUT2D eigenvalue weighted by atomic mass is 35.5. The molecule has 0 saturated carbocycles. The van der Waals surface area contributed by atoms with Crippen LogP contribution in [0.25, 0.3) is 5.57 Å². The second-order valence-electron chi connectivity index (χ2n) is 5.52. The summed E-state index contributed by atoms with van der Waals surface area (Å²) in [7, 11) is 2.38. The van der Waals surface area contributed by atoms with Crippen molar-refractivity contribution in [1.29, 1.82) is 0 Å². The number of esters is 2. The summed E-state index contributed by atoms with van der Waals surface area (Å²) in [4.78, 5) is 36.6. The largest absolute Gasteiger partial charge is 0.466 e. The maximum atomic E-state index is 13.1. The predicted octanol–water partition coefficient (Wildman–Crippen LogP) is 5.18. The van der Waals surface area contributed by atoms with Crippen LogP contribution in [0, 0.1) is 0 Å². The Bertz CT molecular complexity index is 964. The SMILES string of the molecule is COC(=O)/C=C(\S/C=C(/C(=O)c1ccc(Cl)cc1)c1ccc(Cl)cc1)C(=O)OC. The molecule has 0 saturated heterocycles. The van der Waals surface area contributed by atoms with E-state index in [2.05, 4.69) is 9.47 Å². The second-order valence-corrected chi connectivity index (χ2v) is 7.30. The Morgan fingerprint density at radius 2 is 1.34 bits per heavy atom. The Hall–Kier alpha value is -2.54. The first kappa shape index (κ1) is 22.7. The standard InChI is InChI=1S/C21H16Cl2O5S/c1-27-19(24)11-18(21(26)28-2)29-12-17(13-3-7-15(22)8-4-13)20(25)14-5-9-16(23)10-6-14/h3-12H,1-2H3/b17-12+,18-11-. The van der Waals surface area contributed by atoms with Crippen molar-refractivity contribution >= 4 is 58.3 Å². The quantitative estimate of drug-likeness (QED) is 0.328. The summed E-state index contributed by atoms with van der Waals surface area (Å²) >= 11 is 12.7. The number of allylic oxidation sites excluding steroid dienone is 1. The van der Waals surface area contributed by atoms with E-state index in [1.54, 1.807) is 48.5 Å². The molecule has 0 aromatic heterocycles. The first-order chi connectivity index (χ1) is 13.8. The van der Waals surface area contributed by atoms with Gasteiger partial charge in [0.15, 0.2) is 5.78 Å². The summed E-state index contributed by atoms with van der Waals surface area (Å²) < 4.78 is 9.24. The molecule has 0 heterocycles. The summed E-state index contributed by atoms with van der Waals surface area (Å²) in [6.07, 6.45) is 0.999. The van der Waals surface area contributed by atoms with Crippen molar-refractivity contribution in [2.75, 3.05) is 14.2 Å². The highest BCUT2D eigenvalue weighted by molar-refractivity contribution is 8.06. The van der Waals surface area contributed by atoms with Crippen molar-refractivity contribution in [3.8, 4) is 0 Å². The molecular weight excluding hydrogens is 435 g/mol. The number of ketones is 1. The maximum absolute atomic E-state index is 13.1. The predicted molar refractivity (Wildman–Crippen MR) is 115 cm³/mol. The van der Waals surface area contributed by atoms with Crippen molar-refractivity contribution in [2.24, 2.45) is 0 Å². The van der Waals surface area contributed by atoms with Gasteiger partial charge in [-0.05, 0) is 47.4 Å². The lowest BCUT2D eigenvalue weighted by atomic mass is 9.98. The third-order valence-electron chi connectivity index (χ3n) is 3.65. The summed E-state index contributed by atoms with van der Waals surface area (Å²) in [6.45, 7) is 0. The number of Topliss-reactive ketones (excluding diaryl/α,β-unsaturated/α-hetero) is 1. The summed E-state index contributed by atoms with van der Waals surface area (Å²) in [6, 6.07) is 13.1. The first-order valence-electron chi connectivity index (χ1n) is 8.16. The molecule has 8 heteroatoms. The lowest BCUT2D eigenvalue weighted by Gasteiger charge is -2.09. The Labute approximate surface area is 182 Å². The van der Waals surface area contributed by atoms with E-state index in [9.17, 15) is 14.4 Å². The van der Waals surface area contributed by atoms with Gasteiger partial charge in [0.2, 0.25) is 0 Å². The zero-order valence-electron chi connectivity index (χ0n) is 15.5. The summed E-state index contributed by atoms with van der Waals surface area (Å²) in [5.74, 6) is -1.74. The van der Waals surface area contributed by atoms with E-state index in [-0.39, 0.29) is 10.7 Å². The number of methoxy groups -OCH3 is 2. The van der Waals surface area contributed by atoms with Crippen LogP contribution in [0.2, 0.25) is 10.0 Å². The van der Waals surface area contributed by atoms with Crippen LogP contribution in [0.5, 0.6) is 0 Å². The Balaban J connectivity index is 2.47. The molecule has 0 aliphatic rings. The zero-order valence-corrected chi connectivity index (χ0v) is 17.8. The normalized spacial score (nSPS) is 11.7. The molecule has 0 radical (unpaired) electrons. The fraction of sp³-hybridized carbons (Fsp3) is 0.0952. The Morgan fingerprint density at radius 3 is 1.83 bits per heavy atom. The van der Waals surface area contributed by atoms with Crippen LogP contribution in [0.1, 0.15) is 15.9 Å². The van der Waals surface area contributed by atoms with Gasteiger partial charge in [0, 0.05) is 27.3 Å². The van der Waals surface area contributed by atoms with Crippen LogP contribution < -0.4 is 0 Å². The van der Waals surface area contributed by atoms with Crippen LogP contribution in [-0.4, -0.2) is 31.9 Å². The van der Waals surface area contributed by atoms with Gasteiger partial charge >= 0.3 is 11.9 Å². The highest BCUT2D eigenvalue weighted by Crippen LogP contribution is 2.29. The Kier molecular flexibility index (Phi) is 8.51. The molecule has 0 bridgehead atoms. The van der Waals surface area contributed by atoms with E-state index < -0.39 is 11.9 Å². The molecule has 0 aliphatic heterocycles. The van der Waals surface area contributed by atoms with Gasteiger partial charge in [0.05, 0.1) is 14.2 Å². The number of hydrogen-bond acceptors (Lipinski definition) is 6. The summed E-state index contributed by atoms with van der Waals surface area (Å²) in [5, 5.41) is 2.49. The minimum absolute atomic E-state index is 0.0327. The van der Waals surface area contributed by atoms with Crippen LogP contribution in [0.3, 0.4) is 0 Å². The molecule has 0 amide bonds. The van der Waals surface area contributed by atoms with Gasteiger partial charge in [0.25, 0.3) is 0 Å². The van der Waals surface area contributed by atoms with E-state index in [1.165, 1.54) is 19.6 Å². The first-order valence-corrected chi connectivity index (χ1v) is 9.80. The van der Waals surface area contributed by atoms with Gasteiger partial charge in [-0.3, -0.25) is 4.79 Å².